The highest BCUT2D eigenvalue weighted by Crippen LogP contribution is 2.34. The maximum absolute atomic E-state index is 5.70. The van der Waals surface area contributed by atoms with Crippen LogP contribution in [0.1, 0.15) is 20.3 Å². The SMILES string of the molecule is C=C(CNC(C)C)CSc1ccc2c(c1)OCCCO2. The van der Waals surface area contributed by atoms with Crippen molar-refractivity contribution in [3.8, 4) is 11.5 Å². The van der Waals surface area contributed by atoms with Crippen LogP contribution in [-0.4, -0.2) is 31.6 Å². The summed E-state index contributed by atoms with van der Waals surface area (Å²) in [5.41, 5.74) is 1.20. The summed E-state index contributed by atoms with van der Waals surface area (Å²) in [6.45, 7) is 10.7. The molecule has 0 saturated carbocycles. The van der Waals surface area contributed by atoms with Crippen LogP contribution >= 0.6 is 11.8 Å². The zero-order chi connectivity index (χ0) is 14.4. The summed E-state index contributed by atoms with van der Waals surface area (Å²) in [5, 5.41) is 3.38. The van der Waals surface area contributed by atoms with E-state index in [-0.39, 0.29) is 0 Å². The average Bonchev–Trinajstić information content (AvgIpc) is 2.67. The topological polar surface area (TPSA) is 30.5 Å². The van der Waals surface area contributed by atoms with Crippen LogP contribution in [0.5, 0.6) is 11.5 Å². The van der Waals surface area contributed by atoms with E-state index in [0.29, 0.717) is 6.04 Å². The van der Waals surface area contributed by atoms with Crippen molar-refractivity contribution in [1.82, 2.24) is 5.32 Å². The van der Waals surface area contributed by atoms with Gasteiger partial charge in [-0.05, 0) is 18.2 Å². The fourth-order valence-corrected chi connectivity index (χ4v) is 2.65. The van der Waals surface area contributed by atoms with Crippen molar-refractivity contribution in [3.63, 3.8) is 0 Å². The molecule has 4 heteroatoms. The number of nitrogens with one attached hydrogen (secondary N) is 1. The molecule has 2 rings (SSSR count). The van der Waals surface area contributed by atoms with Gasteiger partial charge in [0.1, 0.15) is 0 Å². The van der Waals surface area contributed by atoms with Gasteiger partial charge in [-0.1, -0.05) is 26.0 Å². The van der Waals surface area contributed by atoms with E-state index in [0.717, 1.165) is 43.4 Å². The Hall–Kier alpha value is -1.13. The number of ether oxygens (including phenoxy) is 2. The van der Waals surface area contributed by atoms with Crippen LogP contribution in [0.3, 0.4) is 0 Å². The maximum atomic E-state index is 5.70. The second kappa shape index (κ2) is 7.60. The molecule has 1 aliphatic heterocycles. The summed E-state index contributed by atoms with van der Waals surface area (Å²) < 4.78 is 11.3. The summed E-state index contributed by atoms with van der Waals surface area (Å²) in [4.78, 5) is 1.19. The Bertz CT molecular complexity index is 460. The van der Waals surface area contributed by atoms with Crippen molar-refractivity contribution in [3.05, 3.63) is 30.4 Å². The van der Waals surface area contributed by atoms with Gasteiger partial charge in [-0.15, -0.1) is 11.8 Å². The lowest BCUT2D eigenvalue weighted by atomic mass is 10.3. The molecule has 0 unspecified atom stereocenters. The molecule has 0 bridgehead atoms. The van der Waals surface area contributed by atoms with Gasteiger partial charge in [-0.25, -0.2) is 0 Å². The van der Waals surface area contributed by atoms with Gasteiger partial charge in [0.15, 0.2) is 11.5 Å². The molecule has 1 aromatic rings. The Labute approximate surface area is 125 Å². The lowest BCUT2D eigenvalue weighted by Gasteiger charge is -2.11. The van der Waals surface area contributed by atoms with Crippen LogP contribution in [0.4, 0.5) is 0 Å². The Morgan fingerprint density at radius 2 is 2.05 bits per heavy atom. The van der Waals surface area contributed by atoms with Crippen molar-refractivity contribution in [1.29, 1.82) is 0 Å². The van der Waals surface area contributed by atoms with E-state index >= 15 is 0 Å². The summed E-state index contributed by atoms with van der Waals surface area (Å²) in [7, 11) is 0. The predicted octanol–water partition coefficient (Wildman–Crippen LogP) is 3.49. The molecule has 20 heavy (non-hydrogen) atoms. The molecular formula is C16H23NO2S. The van der Waals surface area contributed by atoms with E-state index in [4.69, 9.17) is 9.47 Å². The number of hydrogen-bond acceptors (Lipinski definition) is 4. The molecule has 0 radical (unpaired) electrons. The number of rotatable bonds is 6. The van der Waals surface area contributed by atoms with Crippen LogP contribution in [0, 0.1) is 0 Å². The molecule has 1 aromatic carbocycles. The highest BCUT2D eigenvalue weighted by atomic mass is 32.2. The first-order valence-corrected chi connectivity index (χ1v) is 8.06. The molecule has 1 N–H and O–H groups in total. The summed E-state index contributed by atoms with van der Waals surface area (Å²) in [5.74, 6) is 2.63. The van der Waals surface area contributed by atoms with Crippen molar-refractivity contribution >= 4 is 11.8 Å². The minimum Gasteiger partial charge on any atom is -0.490 e. The molecule has 0 aliphatic carbocycles. The van der Waals surface area contributed by atoms with Gasteiger partial charge < -0.3 is 14.8 Å². The van der Waals surface area contributed by atoms with Crippen molar-refractivity contribution in [2.75, 3.05) is 25.5 Å². The largest absolute Gasteiger partial charge is 0.490 e. The fourth-order valence-electron chi connectivity index (χ4n) is 1.82. The van der Waals surface area contributed by atoms with Gasteiger partial charge in [-0.3, -0.25) is 0 Å². The van der Waals surface area contributed by atoms with Gasteiger partial charge >= 0.3 is 0 Å². The van der Waals surface area contributed by atoms with Crippen molar-refractivity contribution in [2.45, 2.75) is 31.2 Å². The van der Waals surface area contributed by atoms with Crippen molar-refractivity contribution < 1.29 is 9.47 Å². The molecule has 0 spiro atoms. The van der Waals surface area contributed by atoms with E-state index in [1.807, 2.05) is 6.07 Å². The Morgan fingerprint density at radius 1 is 1.30 bits per heavy atom. The van der Waals surface area contributed by atoms with E-state index in [1.165, 1.54) is 10.5 Å². The van der Waals surface area contributed by atoms with E-state index < -0.39 is 0 Å². The first kappa shape index (κ1) is 15.3. The van der Waals surface area contributed by atoms with Crippen LogP contribution in [0.15, 0.2) is 35.2 Å². The fraction of sp³-hybridized carbons (Fsp3) is 0.500. The van der Waals surface area contributed by atoms with Gasteiger partial charge in [0.05, 0.1) is 13.2 Å². The third-order valence-corrected chi connectivity index (χ3v) is 4.06. The Kier molecular flexibility index (Phi) is 5.80. The number of fused-ring (bicyclic) bond motifs is 1. The van der Waals surface area contributed by atoms with E-state index in [9.17, 15) is 0 Å². The normalized spacial score (nSPS) is 14.2. The molecule has 1 heterocycles. The maximum Gasteiger partial charge on any atom is 0.162 e. The monoisotopic (exact) mass is 293 g/mol. The predicted molar refractivity (Wildman–Crippen MR) is 85.1 cm³/mol. The van der Waals surface area contributed by atoms with Crippen LogP contribution in [0.2, 0.25) is 0 Å². The number of thioether (sulfide) groups is 1. The Balaban J connectivity index is 1.87. The highest BCUT2D eigenvalue weighted by Gasteiger charge is 2.10. The zero-order valence-electron chi connectivity index (χ0n) is 12.3. The molecule has 0 saturated heterocycles. The smallest absolute Gasteiger partial charge is 0.162 e. The molecule has 1 aliphatic rings. The van der Waals surface area contributed by atoms with Crippen LogP contribution < -0.4 is 14.8 Å². The highest BCUT2D eigenvalue weighted by molar-refractivity contribution is 7.99. The summed E-state index contributed by atoms with van der Waals surface area (Å²) >= 11 is 1.78. The van der Waals surface area contributed by atoms with Crippen LogP contribution in [0.25, 0.3) is 0 Å². The number of hydrogen-bond donors (Lipinski definition) is 1. The van der Waals surface area contributed by atoms with Gasteiger partial charge in [0.25, 0.3) is 0 Å². The standard InChI is InChI=1S/C16H23NO2S/c1-12(2)17-10-13(3)11-20-14-5-6-15-16(9-14)19-8-4-7-18-15/h5-6,9,12,17H,3-4,7-8,10-11H2,1-2H3. The summed E-state index contributed by atoms with van der Waals surface area (Å²) in [6, 6.07) is 6.64. The zero-order valence-corrected chi connectivity index (χ0v) is 13.1. The third-order valence-electron chi connectivity index (χ3n) is 2.92. The van der Waals surface area contributed by atoms with Crippen LogP contribution in [-0.2, 0) is 0 Å². The Morgan fingerprint density at radius 3 is 2.80 bits per heavy atom. The van der Waals surface area contributed by atoms with Crippen molar-refractivity contribution in [2.24, 2.45) is 0 Å². The molecular weight excluding hydrogens is 270 g/mol. The minimum atomic E-state index is 0.495. The molecule has 0 fully saturated rings. The molecule has 110 valence electrons. The second-order valence-corrected chi connectivity index (χ2v) is 6.28. The van der Waals surface area contributed by atoms with E-state index in [1.54, 1.807) is 11.8 Å². The lowest BCUT2D eigenvalue weighted by molar-refractivity contribution is 0.297. The van der Waals surface area contributed by atoms with Gasteiger partial charge in [0.2, 0.25) is 0 Å². The molecule has 3 nitrogen and oxygen atoms in total. The lowest BCUT2D eigenvalue weighted by Crippen LogP contribution is -2.25. The third kappa shape index (κ3) is 4.76. The minimum absolute atomic E-state index is 0.495. The second-order valence-electron chi connectivity index (χ2n) is 5.23. The molecule has 0 atom stereocenters. The molecule has 0 aromatic heterocycles. The first-order valence-electron chi connectivity index (χ1n) is 7.07. The first-order chi connectivity index (χ1) is 9.65. The quantitative estimate of drug-likeness (QED) is 0.642. The molecule has 0 amide bonds. The number of benzene rings is 1. The van der Waals surface area contributed by atoms with Gasteiger partial charge in [-0.2, -0.15) is 0 Å². The van der Waals surface area contributed by atoms with E-state index in [2.05, 4.69) is 37.9 Å². The average molecular weight is 293 g/mol. The van der Waals surface area contributed by atoms with Gasteiger partial charge in [0, 0.05) is 29.7 Å². The summed E-state index contributed by atoms with van der Waals surface area (Å²) in [6.07, 6.45) is 0.939.